The fourth-order valence-electron chi connectivity index (χ4n) is 8.11. The van der Waals surface area contributed by atoms with Crippen LogP contribution in [0, 0.1) is 0 Å². The Labute approximate surface area is 304 Å². The van der Waals surface area contributed by atoms with Crippen molar-refractivity contribution in [2.24, 2.45) is 0 Å². The molecule has 0 N–H and O–H groups in total. The molecule has 0 amide bonds. The van der Waals surface area contributed by atoms with Gasteiger partial charge in [-0.1, -0.05) is 135 Å². The summed E-state index contributed by atoms with van der Waals surface area (Å²) in [4.78, 5) is 4.79. The van der Waals surface area contributed by atoms with E-state index in [4.69, 9.17) is 4.74 Å². The lowest BCUT2D eigenvalue weighted by Gasteiger charge is -2.45. The highest BCUT2D eigenvalue weighted by Crippen LogP contribution is 2.61. The van der Waals surface area contributed by atoms with Crippen LogP contribution < -0.4 is 14.5 Å². The maximum atomic E-state index is 6.87. The molecule has 2 aliphatic heterocycles. The highest BCUT2D eigenvalue weighted by molar-refractivity contribution is 5.97. The third kappa shape index (κ3) is 4.81. The van der Waals surface area contributed by atoms with Gasteiger partial charge in [0.25, 0.3) is 0 Å². The smallest absolute Gasteiger partial charge is 0.153 e. The molecule has 2 heterocycles. The molecule has 3 nitrogen and oxygen atoms in total. The molecule has 0 saturated heterocycles. The van der Waals surface area contributed by atoms with E-state index < -0.39 is 0 Å². The van der Waals surface area contributed by atoms with E-state index in [0.717, 1.165) is 39.9 Å². The topological polar surface area (TPSA) is 15.7 Å². The highest BCUT2D eigenvalue weighted by Gasteiger charge is 2.42. The molecule has 52 heavy (non-hydrogen) atoms. The van der Waals surface area contributed by atoms with Gasteiger partial charge in [-0.05, 0) is 98.8 Å². The molecule has 3 heteroatoms. The van der Waals surface area contributed by atoms with Gasteiger partial charge >= 0.3 is 0 Å². The summed E-state index contributed by atoms with van der Waals surface area (Å²) in [6, 6.07) is 65.4. The van der Waals surface area contributed by atoms with Crippen molar-refractivity contribution in [1.82, 2.24) is 0 Å². The molecule has 0 aromatic heterocycles. The largest absolute Gasteiger partial charge is 0.453 e. The number of nitrogens with zero attached hydrogens (tertiary/aromatic N) is 2. The molecule has 0 fully saturated rings. The molecule has 248 valence electrons. The monoisotopic (exact) mass is 668 g/mol. The SMILES string of the molecule is CC1(C)c2cc(-c3ccccc3)ccc2N2c3ccccc3Oc3cc(N(c4ccc(-c5ccccc5)cc4)c4ccc5ccccc5c4)cc1c32. The van der Waals surface area contributed by atoms with Gasteiger partial charge in [0.15, 0.2) is 11.5 Å². The van der Waals surface area contributed by atoms with E-state index in [-0.39, 0.29) is 5.41 Å². The van der Waals surface area contributed by atoms with Gasteiger partial charge < -0.3 is 14.5 Å². The lowest BCUT2D eigenvalue weighted by atomic mass is 9.72. The number of para-hydroxylation sites is 2. The van der Waals surface area contributed by atoms with E-state index in [1.807, 2.05) is 0 Å². The molecule has 8 aromatic carbocycles. The maximum absolute atomic E-state index is 6.87. The summed E-state index contributed by atoms with van der Waals surface area (Å²) in [5.41, 5.74) is 13.5. The van der Waals surface area contributed by atoms with Crippen LogP contribution in [0.25, 0.3) is 33.0 Å². The third-order valence-corrected chi connectivity index (χ3v) is 10.8. The van der Waals surface area contributed by atoms with Gasteiger partial charge in [0.05, 0.1) is 22.7 Å². The van der Waals surface area contributed by atoms with E-state index in [2.05, 4.69) is 206 Å². The first-order valence-corrected chi connectivity index (χ1v) is 17.9. The van der Waals surface area contributed by atoms with Crippen LogP contribution in [-0.2, 0) is 5.41 Å². The lowest BCUT2D eigenvalue weighted by molar-refractivity contribution is 0.471. The van der Waals surface area contributed by atoms with Crippen LogP contribution in [0.15, 0.2) is 182 Å². The van der Waals surface area contributed by atoms with Crippen LogP contribution in [0.1, 0.15) is 25.0 Å². The third-order valence-electron chi connectivity index (χ3n) is 10.8. The Morgan fingerprint density at radius 3 is 1.81 bits per heavy atom. The van der Waals surface area contributed by atoms with E-state index in [9.17, 15) is 0 Å². The first kappa shape index (κ1) is 30.3. The molecule has 0 bridgehead atoms. The molecular weight excluding hydrogens is 633 g/mol. The number of fused-ring (bicyclic) bond motifs is 5. The zero-order valence-corrected chi connectivity index (χ0v) is 29.1. The van der Waals surface area contributed by atoms with Crippen LogP contribution in [0.4, 0.5) is 34.1 Å². The number of rotatable bonds is 5. The Morgan fingerprint density at radius 2 is 1.04 bits per heavy atom. The minimum Gasteiger partial charge on any atom is -0.453 e. The van der Waals surface area contributed by atoms with Gasteiger partial charge in [-0.3, -0.25) is 0 Å². The average Bonchev–Trinajstić information content (AvgIpc) is 3.20. The fraction of sp³-hybridized carbons (Fsp3) is 0.0612. The van der Waals surface area contributed by atoms with Crippen molar-refractivity contribution >= 4 is 44.9 Å². The maximum Gasteiger partial charge on any atom is 0.153 e. The van der Waals surface area contributed by atoms with E-state index in [1.54, 1.807) is 0 Å². The van der Waals surface area contributed by atoms with Crippen molar-refractivity contribution in [1.29, 1.82) is 0 Å². The van der Waals surface area contributed by atoms with Crippen LogP contribution in [0.2, 0.25) is 0 Å². The first-order valence-electron chi connectivity index (χ1n) is 17.9. The molecule has 0 spiro atoms. The molecule has 8 aromatic rings. The van der Waals surface area contributed by atoms with Crippen LogP contribution in [0.3, 0.4) is 0 Å². The van der Waals surface area contributed by atoms with Crippen LogP contribution in [-0.4, -0.2) is 0 Å². The minimum absolute atomic E-state index is 0.335. The van der Waals surface area contributed by atoms with Gasteiger partial charge in [0, 0.05) is 22.9 Å². The van der Waals surface area contributed by atoms with Gasteiger partial charge in [-0.15, -0.1) is 0 Å². The normalized spacial score (nSPS) is 13.5. The molecular formula is C49H36N2O. The molecule has 10 rings (SSSR count). The van der Waals surface area contributed by atoms with E-state index >= 15 is 0 Å². The number of hydrogen-bond donors (Lipinski definition) is 0. The van der Waals surface area contributed by atoms with Gasteiger partial charge in [-0.25, -0.2) is 0 Å². The second-order valence-corrected chi connectivity index (χ2v) is 14.2. The number of hydrogen-bond acceptors (Lipinski definition) is 3. The van der Waals surface area contributed by atoms with Crippen molar-refractivity contribution in [2.75, 3.05) is 9.80 Å². The molecule has 0 aliphatic carbocycles. The van der Waals surface area contributed by atoms with Crippen LogP contribution >= 0.6 is 0 Å². The summed E-state index contributed by atoms with van der Waals surface area (Å²) < 4.78 is 6.87. The summed E-state index contributed by atoms with van der Waals surface area (Å²) >= 11 is 0. The quantitative estimate of drug-likeness (QED) is 0.182. The Morgan fingerprint density at radius 1 is 0.423 bits per heavy atom. The summed E-state index contributed by atoms with van der Waals surface area (Å²) in [5, 5.41) is 2.41. The zero-order valence-electron chi connectivity index (χ0n) is 29.1. The Kier molecular flexibility index (Phi) is 6.84. The second kappa shape index (κ2) is 11.8. The number of benzene rings is 8. The number of ether oxygens (including phenoxy) is 1. The Balaban J connectivity index is 1.20. The van der Waals surface area contributed by atoms with Crippen molar-refractivity contribution in [3.63, 3.8) is 0 Å². The van der Waals surface area contributed by atoms with Gasteiger partial charge in [0.1, 0.15) is 0 Å². The molecule has 0 saturated carbocycles. The summed E-state index contributed by atoms with van der Waals surface area (Å²) in [6.45, 7) is 4.71. The minimum atomic E-state index is -0.335. The van der Waals surface area contributed by atoms with Gasteiger partial charge in [0.2, 0.25) is 0 Å². The van der Waals surface area contributed by atoms with E-state index in [1.165, 1.54) is 49.8 Å². The lowest BCUT2D eigenvalue weighted by Crippen LogP contribution is -2.32. The molecule has 0 unspecified atom stereocenters. The van der Waals surface area contributed by atoms with Crippen molar-refractivity contribution in [3.8, 4) is 33.8 Å². The predicted molar refractivity (Wildman–Crippen MR) is 216 cm³/mol. The standard InChI is InChI=1S/C49H36N2O/c1-49(2)42-30-38(34-15-7-4-8-16-34)24-28-44(42)51-45-19-11-12-20-46(45)52-47-32-41(31-43(49)48(47)51)50(40-27-23-35-17-9-10-18-37(35)29-40)39-25-21-36(22-26-39)33-13-5-3-6-14-33/h3-32H,1-2H3. The van der Waals surface area contributed by atoms with Crippen LogP contribution in [0.5, 0.6) is 11.5 Å². The summed E-state index contributed by atoms with van der Waals surface area (Å²) in [7, 11) is 0. The summed E-state index contributed by atoms with van der Waals surface area (Å²) in [5.74, 6) is 1.70. The van der Waals surface area contributed by atoms with Crippen molar-refractivity contribution < 1.29 is 4.74 Å². The average molecular weight is 669 g/mol. The molecule has 0 atom stereocenters. The molecule has 0 radical (unpaired) electrons. The Bertz CT molecular complexity index is 2630. The van der Waals surface area contributed by atoms with Gasteiger partial charge in [-0.2, -0.15) is 0 Å². The zero-order chi connectivity index (χ0) is 34.8. The van der Waals surface area contributed by atoms with Crippen molar-refractivity contribution in [3.05, 3.63) is 193 Å². The van der Waals surface area contributed by atoms with Crippen molar-refractivity contribution in [2.45, 2.75) is 19.3 Å². The van der Waals surface area contributed by atoms with E-state index in [0.29, 0.717) is 0 Å². The Hall–Kier alpha value is -6.58. The fourth-order valence-corrected chi connectivity index (χ4v) is 8.11. The molecule has 2 aliphatic rings. The summed E-state index contributed by atoms with van der Waals surface area (Å²) in [6.07, 6.45) is 0. The predicted octanol–water partition coefficient (Wildman–Crippen LogP) is 13.9. The number of anilines is 6. The first-order chi connectivity index (χ1) is 25.5. The second-order valence-electron chi connectivity index (χ2n) is 14.2. The highest BCUT2D eigenvalue weighted by atomic mass is 16.5.